The van der Waals surface area contributed by atoms with E-state index in [9.17, 15) is 4.79 Å². The van der Waals surface area contributed by atoms with E-state index in [1.807, 2.05) is 0 Å². The van der Waals surface area contributed by atoms with Gasteiger partial charge in [0, 0.05) is 12.6 Å². The van der Waals surface area contributed by atoms with Crippen molar-refractivity contribution >= 4 is 36.9 Å². The summed E-state index contributed by atoms with van der Waals surface area (Å²) in [4.78, 5) is 12.9. The molecule has 4 nitrogen and oxygen atoms in total. The molecule has 1 saturated heterocycles. The molecule has 2 unspecified atom stereocenters. The fourth-order valence-electron chi connectivity index (χ4n) is 3.83. The minimum Gasteiger partial charge on any atom is -0.481 e. The van der Waals surface area contributed by atoms with Crippen molar-refractivity contribution in [3.63, 3.8) is 0 Å². The first-order chi connectivity index (χ1) is 12.1. The van der Waals surface area contributed by atoms with Gasteiger partial charge >= 0.3 is 5.97 Å². The number of piperidine rings is 1. The molecule has 0 spiro atoms. The Balaban J connectivity index is 0.00000182. The van der Waals surface area contributed by atoms with Crippen LogP contribution in [0.2, 0.25) is 0 Å². The molecule has 1 aromatic carbocycles. The summed E-state index contributed by atoms with van der Waals surface area (Å²) in [5.74, 6) is 0.735. The molecular weight excluding hydrogens is 383 g/mol. The van der Waals surface area contributed by atoms with Crippen molar-refractivity contribution in [3.05, 3.63) is 41.5 Å². The number of hydrogen-bond donors (Lipinski definition) is 2. The molecule has 1 saturated carbocycles. The van der Waals surface area contributed by atoms with Crippen molar-refractivity contribution in [2.75, 3.05) is 26.2 Å². The number of rotatable bonds is 8. The number of carbonyl (C=O) groups is 1. The quantitative estimate of drug-likeness (QED) is 0.671. The summed E-state index contributed by atoms with van der Waals surface area (Å²) in [6.45, 7) is 6.14. The van der Waals surface area contributed by atoms with Crippen molar-refractivity contribution in [1.29, 1.82) is 0 Å². The summed E-state index contributed by atoms with van der Waals surface area (Å²) in [6.07, 6.45) is 6.20. The fraction of sp³-hybridized carbons (Fsp3) is 0.571. The Morgan fingerprint density at radius 1 is 1.22 bits per heavy atom. The third-order valence-electron chi connectivity index (χ3n) is 5.59. The minimum atomic E-state index is -0.692. The average Bonchev–Trinajstić information content (AvgIpc) is 3.40. The largest absolute Gasteiger partial charge is 0.481 e. The Morgan fingerprint density at radius 3 is 2.52 bits per heavy atom. The molecule has 2 N–H and O–H groups in total. The van der Waals surface area contributed by atoms with E-state index in [-0.39, 0.29) is 31.2 Å². The highest BCUT2D eigenvalue weighted by Crippen LogP contribution is 2.38. The van der Waals surface area contributed by atoms with Crippen LogP contribution in [0.15, 0.2) is 35.9 Å². The molecule has 0 aromatic heterocycles. The Morgan fingerprint density at radius 2 is 1.89 bits per heavy atom. The molecule has 2 fully saturated rings. The van der Waals surface area contributed by atoms with Crippen LogP contribution >= 0.6 is 24.8 Å². The molecular formula is C21H32Cl2N2O2. The van der Waals surface area contributed by atoms with Crippen LogP contribution in [0.4, 0.5) is 0 Å². The first-order valence-corrected chi connectivity index (χ1v) is 9.52. The molecule has 1 aromatic rings. The SMILES string of the molecule is C/C(=C\c1ccccc1)C1CC1NCC1CCN(CCC(=O)O)CC1.Cl.Cl. The molecule has 3 rings (SSSR count). The summed E-state index contributed by atoms with van der Waals surface area (Å²) in [6, 6.07) is 11.2. The van der Waals surface area contributed by atoms with E-state index in [1.54, 1.807) is 0 Å². The number of benzene rings is 1. The molecule has 6 heteroatoms. The van der Waals surface area contributed by atoms with Gasteiger partial charge in [-0.15, -0.1) is 24.8 Å². The summed E-state index contributed by atoms with van der Waals surface area (Å²) in [7, 11) is 0. The molecule has 0 bridgehead atoms. The first-order valence-electron chi connectivity index (χ1n) is 9.52. The number of hydrogen-bond acceptors (Lipinski definition) is 3. The zero-order valence-corrected chi connectivity index (χ0v) is 17.6. The van der Waals surface area contributed by atoms with Gasteiger partial charge in [-0.05, 0) is 63.2 Å². The zero-order valence-electron chi connectivity index (χ0n) is 16.0. The van der Waals surface area contributed by atoms with Crippen molar-refractivity contribution in [2.24, 2.45) is 11.8 Å². The van der Waals surface area contributed by atoms with E-state index < -0.39 is 5.97 Å². The highest BCUT2D eigenvalue weighted by molar-refractivity contribution is 5.85. The number of carboxylic acids is 1. The van der Waals surface area contributed by atoms with Gasteiger partial charge in [0.15, 0.2) is 0 Å². The van der Waals surface area contributed by atoms with E-state index in [2.05, 4.69) is 53.5 Å². The summed E-state index contributed by atoms with van der Waals surface area (Å²) in [5.41, 5.74) is 2.77. The van der Waals surface area contributed by atoms with Crippen LogP contribution in [0.5, 0.6) is 0 Å². The topological polar surface area (TPSA) is 52.6 Å². The van der Waals surface area contributed by atoms with Gasteiger partial charge in [-0.2, -0.15) is 0 Å². The Bertz CT molecular complexity index is 601. The lowest BCUT2D eigenvalue weighted by Crippen LogP contribution is -2.38. The first kappa shape index (κ1) is 24.0. The molecule has 0 radical (unpaired) electrons. The second kappa shape index (κ2) is 11.7. The lowest BCUT2D eigenvalue weighted by molar-refractivity contribution is -0.137. The van der Waals surface area contributed by atoms with Crippen LogP contribution in [0, 0.1) is 11.8 Å². The van der Waals surface area contributed by atoms with Gasteiger partial charge in [0.2, 0.25) is 0 Å². The monoisotopic (exact) mass is 414 g/mol. The van der Waals surface area contributed by atoms with Gasteiger partial charge in [0.05, 0.1) is 6.42 Å². The molecule has 1 aliphatic heterocycles. The second-order valence-electron chi connectivity index (χ2n) is 7.58. The minimum absolute atomic E-state index is 0. The number of halogens is 2. The number of nitrogens with zero attached hydrogens (tertiary/aromatic N) is 1. The summed E-state index contributed by atoms with van der Waals surface area (Å²) in [5, 5.41) is 12.5. The van der Waals surface area contributed by atoms with E-state index in [1.165, 1.54) is 30.4 Å². The second-order valence-corrected chi connectivity index (χ2v) is 7.58. The molecule has 2 aliphatic rings. The van der Waals surface area contributed by atoms with Gasteiger partial charge in [-0.25, -0.2) is 0 Å². The van der Waals surface area contributed by atoms with Crippen LogP contribution in [0.3, 0.4) is 0 Å². The van der Waals surface area contributed by atoms with Gasteiger partial charge in [-0.1, -0.05) is 42.0 Å². The fourth-order valence-corrected chi connectivity index (χ4v) is 3.83. The van der Waals surface area contributed by atoms with Crippen LogP contribution in [-0.2, 0) is 4.79 Å². The average molecular weight is 415 g/mol. The third-order valence-corrected chi connectivity index (χ3v) is 5.59. The van der Waals surface area contributed by atoms with Gasteiger partial charge in [-0.3, -0.25) is 4.79 Å². The molecule has 1 heterocycles. The Labute approximate surface area is 175 Å². The standard InChI is InChI=1S/C21H30N2O2.2ClH/c1-16(13-17-5-3-2-4-6-17)19-14-20(19)22-15-18-7-10-23(11-8-18)12-9-21(24)25;;/h2-6,13,18-20,22H,7-12,14-15H2,1H3,(H,24,25);2*1H/b16-13+;;. The molecule has 27 heavy (non-hydrogen) atoms. The van der Waals surface area contributed by atoms with E-state index in [0.717, 1.165) is 25.6 Å². The Hall–Kier alpha value is -1.07. The van der Waals surface area contributed by atoms with Crippen LogP contribution < -0.4 is 5.32 Å². The molecule has 0 amide bonds. The maximum atomic E-state index is 10.7. The van der Waals surface area contributed by atoms with Crippen molar-refractivity contribution in [2.45, 2.75) is 38.6 Å². The lowest BCUT2D eigenvalue weighted by Gasteiger charge is -2.31. The van der Waals surface area contributed by atoms with E-state index in [4.69, 9.17) is 5.11 Å². The predicted octanol–water partition coefficient (Wildman–Crippen LogP) is 4.10. The highest BCUT2D eigenvalue weighted by Gasteiger charge is 2.38. The molecule has 152 valence electrons. The number of likely N-dealkylation sites (tertiary alicyclic amines) is 1. The summed E-state index contributed by atoms with van der Waals surface area (Å²) >= 11 is 0. The smallest absolute Gasteiger partial charge is 0.304 e. The van der Waals surface area contributed by atoms with E-state index in [0.29, 0.717) is 18.5 Å². The van der Waals surface area contributed by atoms with Gasteiger partial charge < -0.3 is 15.3 Å². The van der Waals surface area contributed by atoms with Crippen LogP contribution in [0.25, 0.3) is 6.08 Å². The maximum Gasteiger partial charge on any atom is 0.304 e. The van der Waals surface area contributed by atoms with Crippen molar-refractivity contribution < 1.29 is 9.90 Å². The van der Waals surface area contributed by atoms with Gasteiger partial charge in [0.25, 0.3) is 0 Å². The van der Waals surface area contributed by atoms with Crippen molar-refractivity contribution in [1.82, 2.24) is 10.2 Å². The maximum absolute atomic E-state index is 10.7. The lowest BCUT2D eigenvalue weighted by atomic mass is 9.96. The number of carboxylic acid groups (broad SMARTS) is 1. The summed E-state index contributed by atoms with van der Waals surface area (Å²) < 4.78 is 0. The zero-order chi connectivity index (χ0) is 17.6. The Kier molecular flexibility index (Phi) is 10.4. The number of nitrogens with one attached hydrogen (secondary N) is 1. The van der Waals surface area contributed by atoms with E-state index >= 15 is 0 Å². The van der Waals surface area contributed by atoms with Crippen LogP contribution in [0.1, 0.15) is 38.2 Å². The molecule has 1 aliphatic carbocycles. The highest BCUT2D eigenvalue weighted by atomic mass is 35.5. The van der Waals surface area contributed by atoms with Crippen LogP contribution in [-0.4, -0.2) is 48.2 Å². The predicted molar refractivity (Wildman–Crippen MR) is 116 cm³/mol. The third kappa shape index (κ3) is 7.82. The number of aliphatic carboxylic acids is 1. The van der Waals surface area contributed by atoms with Gasteiger partial charge in [0.1, 0.15) is 0 Å². The normalized spacial score (nSPS) is 23.2. The van der Waals surface area contributed by atoms with Crippen molar-refractivity contribution in [3.8, 4) is 0 Å². The molecule has 2 atom stereocenters.